The topological polar surface area (TPSA) is 50.8 Å². The van der Waals surface area contributed by atoms with E-state index >= 15 is 0 Å². The maximum Gasteiger partial charge on any atom is 0.241 e. The second kappa shape index (κ2) is 7.43. The van der Waals surface area contributed by atoms with Crippen LogP contribution < -0.4 is 10.1 Å². The van der Waals surface area contributed by atoms with Gasteiger partial charge in [-0.2, -0.15) is 0 Å². The van der Waals surface area contributed by atoms with E-state index in [0.29, 0.717) is 13.2 Å². The monoisotopic (exact) mass is 292 g/mol. The Labute approximate surface area is 126 Å². The van der Waals surface area contributed by atoms with Crippen LogP contribution in [0.5, 0.6) is 5.75 Å². The van der Waals surface area contributed by atoms with Crippen molar-refractivity contribution in [2.75, 3.05) is 27.4 Å². The van der Waals surface area contributed by atoms with Crippen molar-refractivity contribution in [3.8, 4) is 5.75 Å². The molecule has 116 valence electrons. The molecule has 2 rings (SSSR count). The van der Waals surface area contributed by atoms with Crippen molar-refractivity contribution in [1.29, 1.82) is 0 Å². The van der Waals surface area contributed by atoms with Gasteiger partial charge < -0.3 is 14.4 Å². The summed E-state index contributed by atoms with van der Waals surface area (Å²) in [4.78, 5) is 14.4. The third-order valence-corrected chi connectivity index (χ3v) is 3.80. The Bertz CT molecular complexity index is 478. The highest BCUT2D eigenvalue weighted by Crippen LogP contribution is 2.32. The lowest BCUT2D eigenvalue weighted by molar-refractivity contribution is -0.130. The van der Waals surface area contributed by atoms with Crippen LogP contribution in [0, 0.1) is 0 Å². The van der Waals surface area contributed by atoms with E-state index in [1.54, 1.807) is 14.2 Å². The molecule has 0 aromatic heterocycles. The molecule has 1 aromatic rings. The molecule has 5 heteroatoms. The minimum atomic E-state index is -0.152. The van der Waals surface area contributed by atoms with E-state index in [1.165, 1.54) is 0 Å². The standard InChI is InChI=1S/C16H24N2O3/c1-4-7-13-16(19)18(10-11-20-2)15(17-13)12-8-5-6-9-14(12)21-3/h5-6,8-9,13,15,17H,4,7,10-11H2,1-3H3. The van der Waals surface area contributed by atoms with Crippen LogP contribution in [0.3, 0.4) is 0 Å². The number of benzene rings is 1. The molecule has 0 saturated carbocycles. The minimum Gasteiger partial charge on any atom is -0.496 e. The molecule has 1 saturated heterocycles. The number of nitrogens with one attached hydrogen (secondary N) is 1. The molecule has 1 N–H and O–H groups in total. The van der Waals surface area contributed by atoms with Gasteiger partial charge in [0.1, 0.15) is 11.9 Å². The number of rotatable bonds is 7. The van der Waals surface area contributed by atoms with Gasteiger partial charge in [0.25, 0.3) is 0 Å². The largest absolute Gasteiger partial charge is 0.496 e. The average molecular weight is 292 g/mol. The van der Waals surface area contributed by atoms with Crippen molar-refractivity contribution < 1.29 is 14.3 Å². The number of hydrogen-bond donors (Lipinski definition) is 1. The normalized spacial score (nSPS) is 21.9. The molecule has 5 nitrogen and oxygen atoms in total. The summed E-state index contributed by atoms with van der Waals surface area (Å²) >= 11 is 0. The van der Waals surface area contributed by atoms with Gasteiger partial charge in [-0.05, 0) is 12.5 Å². The molecule has 1 fully saturated rings. The zero-order valence-electron chi connectivity index (χ0n) is 13.0. The Morgan fingerprint density at radius 2 is 2.05 bits per heavy atom. The predicted octanol–water partition coefficient (Wildman–Crippen LogP) is 1.94. The lowest BCUT2D eigenvalue weighted by Crippen LogP contribution is -2.34. The number of carbonyl (C=O) groups is 1. The number of ether oxygens (including phenoxy) is 2. The van der Waals surface area contributed by atoms with E-state index in [2.05, 4.69) is 12.2 Å². The maximum absolute atomic E-state index is 12.6. The predicted molar refractivity (Wildman–Crippen MR) is 81.2 cm³/mol. The van der Waals surface area contributed by atoms with Gasteiger partial charge >= 0.3 is 0 Å². The second-order valence-corrected chi connectivity index (χ2v) is 5.18. The van der Waals surface area contributed by atoms with Gasteiger partial charge in [0.2, 0.25) is 5.91 Å². The van der Waals surface area contributed by atoms with Gasteiger partial charge in [-0.1, -0.05) is 31.5 Å². The van der Waals surface area contributed by atoms with Crippen molar-refractivity contribution in [2.45, 2.75) is 32.0 Å². The van der Waals surface area contributed by atoms with Crippen LogP contribution in [-0.4, -0.2) is 44.2 Å². The van der Waals surface area contributed by atoms with Gasteiger partial charge in [0, 0.05) is 19.2 Å². The number of amides is 1. The minimum absolute atomic E-state index is 0.123. The van der Waals surface area contributed by atoms with Crippen molar-refractivity contribution in [1.82, 2.24) is 10.2 Å². The van der Waals surface area contributed by atoms with Crippen LogP contribution in [0.2, 0.25) is 0 Å². The summed E-state index contributed by atoms with van der Waals surface area (Å²) in [7, 11) is 3.30. The summed E-state index contributed by atoms with van der Waals surface area (Å²) in [5.41, 5.74) is 0.989. The fourth-order valence-electron chi connectivity index (χ4n) is 2.75. The summed E-state index contributed by atoms with van der Waals surface area (Å²) in [6, 6.07) is 7.69. The van der Waals surface area contributed by atoms with E-state index in [9.17, 15) is 4.79 Å². The van der Waals surface area contributed by atoms with Gasteiger partial charge in [-0.25, -0.2) is 0 Å². The summed E-state index contributed by atoms with van der Waals surface area (Å²) in [6.45, 7) is 3.19. The number of nitrogens with zero attached hydrogens (tertiary/aromatic N) is 1. The highest BCUT2D eigenvalue weighted by molar-refractivity contribution is 5.84. The fourth-order valence-corrected chi connectivity index (χ4v) is 2.75. The van der Waals surface area contributed by atoms with Crippen molar-refractivity contribution >= 4 is 5.91 Å². The summed E-state index contributed by atoms with van der Waals surface area (Å²) in [5.74, 6) is 0.937. The zero-order chi connectivity index (χ0) is 15.2. The van der Waals surface area contributed by atoms with E-state index in [-0.39, 0.29) is 18.1 Å². The Balaban J connectivity index is 2.27. The number of methoxy groups -OCH3 is 2. The molecule has 0 spiro atoms. The Hall–Kier alpha value is -1.59. The van der Waals surface area contributed by atoms with Gasteiger partial charge in [-0.15, -0.1) is 0 Å². The van der Waals surface area contributed by atoms with Crippen LogP contribution in [0.1, 0.15) is 31.5 Å². The first-order valence-electron chi connectivity index (χ1n) is 7.41. The highest BCUT2D eigenvalue weighted by atomic mass is 16.5. The highest BCUT2D eigenvalue weighted by Gasteiger charge is 2.39. The molecule has 21 heavy (non-hydrogen) atoms. The quantitative estimate of drug-likeness (QED) is 0.834. The van der Waals surface area contributed by atoms with Crippen LogP contribution in [0.15, 0.2) is 24.3 Å². The second-order valence-electron chi connectivity index (χ2n) is 5.18. The number of para-hydroxylation sites is 1. The molecular formula is C16H24N2O3. The molecule has 1 amide bonds. The van der Waals surface area contributed by atoms with Crippen LogP contribution >= 0.6 is 0 Å². The van der Waals surface area contributed by atoms with E-state index < -0.39 is 0 Å². The van der Waals surface area contributed by atoms with Crippen LogP contribution in [0.4, 0.5) is 0 Å². The number of carbonyl (C=O) groups excluding carboxylic acids is 1. The number of hydrogen-bond acceptors (Lipinski definition) is 4. The Morgan fingerprint density at radius 3 is 2.71 bits per heavy atom. The molecule has 1 aliphatic rings. The van der Waals surface area contributed by atoms with Gasteiger partial charge in [0.05, 0.1) is 19.8 Å². The Morgan fingerprint density at radius 1 is 1.29 bits per heavy atom. The molecule has 1 aromatic carbocycles. The molecular weight excluding hydrogens is 268 g/mol. The van der Waals surface area contributed by atoms with Crippen LogP contribution in [0.25, 0.3) is 0 Å². The van der Waals surface area contributed by atoms with Crippen molar-refractivity contribution in [3.05, 3.63) is 29.8 Å². The van der Waals surface area contributed by atoms with Gasteiger partial charge in [0.15, 0.2) is 0 Å². The van der Waals surface area contributed by atoms with Crippen molar-refractivity contribution in [2.24, 2.45) is 0 Å². The fraction of sp³-hybridized carbons (Fsp3) is 0.562. The third kappa shape index (κ3) is 3.36. The van der Waals surface area contributed by atoms with Crippen LogP contribution in [-0.2, 0) is 9.53 Å². The summed E-state index contributed by atoms with van der Waals surface area (Å²) in [6.07, 6.45) is 1.66. The zero-order valence-corrected chi connectivity index (χ0v) is 13.0. The SMILES string of the molecule is CCCC1NC(c2ccccc2OC)N(CCOC)C1=O. The van der Waals surface area contributed by atoms with Gasteiger partial charge in [-0.3, -0.25) is 10.1 Å². The van der Waals surface area contributed by atoms with E-state index in [1.807, 2.05) is 29.2 Å². The smallest absolute Gasteiger partial charge is 0.241 e. The maximum atomic E-state index is 12.6. The lowest BCUT2D eigenvalue weighted by Gasteiger charge is -2.25. The molecule has 2 unspecified atom stereocenters. The summed E-state index contributed by atoms with van der Waals surface area (Å²) < 4.78 is 10.6. The van der Waals surface area contributed by atoms with E-state index in [0.717, 1.165) is 24.2 Å². The molecule has 1 aliphatic heterocycles. The van der Waals surface area contributed by atoms with E-state index in [4.69, 9.17) is 9.47 Å². The first-order chi connectivity index (χ1) is 10.2. The molecule has 1 heterocycles. The molecule has 0 aliphatic carbocycles. The lowest BCUT2D eigenvalue weighted by atomic mass is 10.1. The first kappa shape index (κ1) is 15.8. The summed E-state index contributed by atoms with van der Waals surface area (Å²) in [5, 5.41) is 3.43. The first-order valence-corrected chi connectivity index (χ1v) is 7.41. The van der Waals surface area contributed by atoms with Crippen molar-refractivity contribution in [3.63, 3.8) is 0 Å². The molecule has 0 bridgehead atoms. The Kier molecular flexibility index (Phi) is 5.59. The molecule has 2 atom stereocenters. The third-order valence-electron chi connectivity index (χ3n) is 3.80. The average Bonchev–Trinajstić information content (AvgIpc) is 2.82. The molecule has 0 radical (unpaired) electrons.